The Labute approximate surface area is 253 Å². The maximum absolute atomic E-state index is 16.1. The zero-order chi connectivity index (χ0) is 31.2. The molecule has 2 aliphatic rings. The Bertz CT molecular complexity index is 1850. The second kappa shape index (κ2) is 11.5. The van der Waals surface area contributed by atoms with Gasteiger partial charge in [0.15, 0.2) is 17.3 Å². The molecule has 1 fully saturated rings. The Morgan fingerprint density at radius 1 is 1.14 bits per heavy atom. The maximum atomic E-state index is 16.1. The number of nitrogens with zero attached hydrogens (tertiary/aromatic N) is 2. The van der Waals surface area contributed by atoms with Crippen LogP contribution in [0.25, 0.3) is 27.4 Å². The highest BCUT2D eigenvalue weighted by Crippen LogP contribution is 2.48. The smallest absolute Gasteiger partial charge is 0.407 e. The number of aromatic nitrogens is 1. The zero-order valence-corrected chi connectivity index (χ0v) is 25.0. The van der Waals surface area contributed by atoms with E-state index in [1.165, 1.54) is 12.3 Å². The Kier molecular flexibility index (Phi) is 7.66. The summed E-state index contributed by atoms with van der Waals surface area (Å²) in [6.45, 7) is 6.99. The molecule has 3 aromatic carbocycles. The van der Waals surface area contributed by atoms with Crippen LogP contribution in [-0.4, -0.2) is 54.4 Å². The van der Waals surface area contributed by atoms with Crippen molar-refractivity contribution in [3.63, 3.8) is 0 Å². The van der Waals surface area contributed by atoms with Crippen molar-refractivity contribution in [2.24, 2.45) is 5.73 Å². The van der Waals surface area contributed by atoms with Gasteiger partial charge >= 0.3 is 6.09 Å². The highest BCUT2D eigenvalue weighted by molar-refractivity contribution is 6.02. The minimum Gasteiger partial charge on any atom is -0.451 e. The number of halogens is 1. The fourth-order valence-corrected chi connectivity index (χ4v) is 5.87. The van der Waals surface area contributed by atoms with Gasteiger partial charge in [-0.1, -0.05) is 24.3 Å². The summed E-state index contributed by atoms with van der Waals surface area (Å²) in [7, 11) is 0. The number of amides is 2. The molecule has 3 heterocycles. The van der Waals surface area contributed by atoms with E-state index in [0.717, 1.165) is 17.2 Å². The summed E-state index contributed by atoms with van der Waals surface area (Å²) in [5.74, 6) is -0.537. The maximum Gasteiger partial charge on any atom is 0.407 e. The van der Waals surface area contributed by atoms with Gasteiger partial charge in [-0.3, -0.25) is 9.59 Å². The number of rotatable bonds is 7. The van der Waals surface area contributed by atoms with Crippen LogP contribution < -0.4 is 31.4 Å². The lowest BCUT2D eigenvalue weighted by molar-refractivity contribution is 0.0508. The minimum atomic E-state index is -0.654. The lowest BCUT2D eigenvalue weighted by atomic mass is 10.0. The predicted octanol–water partition coefficient (Wildman–Crippen LogP) is 4.96. The lowest BCUT2D eigenvalue weighted by Crippen LogP contribution is -2.40. The lowest BCUT2D eigenvalue weighted by Gasteiger charge is -2.29. The number of hydrogen-bond acceptors (Lipinski definition) is 7. The number of nitrogens with two attached hydrogens (primary N) is 1. The van der Waals surface area contributed by atoms with Crippen LogP contribution in [-0.2, 0) is 4.74 Å². The highest BCUT2D eigenvalue weighted by atomic mass is 19.1. The van der Waals surface area contributed by atoms with Crippen LogP contribution in [0.1, 0.15) is 50.4 Å². The van der Waals surface area contributed by atoms with Crippen molar-refractivity contribution in [3.05, 3.63) is 70.3 Å². The number of carbonyl (C=O) groups is 2. The molecule has 44 heavy (non-hydrogen) atoms. The number of nitrogens with one attached hydrogen (secondary N) is 2. The monoisotopic (exact) mass is 601 g/mol. The zero-order valence-electron chi connectivity index (χ0n) is 25.0. The van der Waals surface area contributed by atoms with Crippen molar-refractivity contribution >= 4 is 39.4 Å². The molecule has 4 aromatic rings. The Hall–Kier alpha value is -4.64. The largest absolute Gasteiger partial charge is 0.451 e. The van der Waals surface area contributed by atoms with Crippen LogP contribution in [0.3, 0.4) is 0 Å². The van der Waals surface area contributed by atoms with Crippen molar-refractivity contribution in [2.75, 3.05) is 31.1 Å². The van der Waals surface area contributed by atoms with E-state index in [9.17, 15) is 14.4 Å². The molecule has 11 heteroatoms. The summed E-state index contributed by atoms with van der Waals surface area (Å²) in [4.78, 5) is 41.1. The van der Waals surface area contributed by atoms with Crippen LogP contribution in [0.4, 0.5) is 14.9 Å². The molecule has 1 atom stereocenters. The SMILES string of the molecule is CC(C)(C)OC(=O)N[C@@H]1CCN(c2c(F)cc3c(=O)c(C(=O)NCCCCN)cn4c3c2Oc2cc3ccccc3cc2-4)C1. The molecule has 6 rings (SSSR count). The average molecular weight is 602 g/mol. The topological polar surface area (TPSA) is 128 Å². The van der Waals surface area contributed by atoms with Gasteiger partial charge in [-0.2, -0.15) is 0 Å². The predicted molar refractivity (Wildman–Crippen MR) is 168 cm³/mol. The Morgan fingerprint density at radius 2 is 1.89 bits per heavy atom. The molecule has 0 aliphatic carbocycles. The van der Waals surface area contributed by atoms with Gasteiger partial charge in [0.2, 0.25) is 5.43 Å². The molecule has 230 valence electrons. The second-order valence-electron chi connectivity index (χ2n) is 12.3. The molecule has 10 nitrogen and oxygen atoms in total. The molecular weight excluding hydrogens is 565 g/mol. The molecule has 4 N–H and O–H groups in total. The first-order chi connectivity index (χ1) is 21.0. The van der Waals surface area contributed by atoms with Gasteiger partial charge < -0.3 is 35.3 Å². The van der Waals surface area contributed by atoms with E-state index in [0.29, 0.717) is 56.0 Å². The fourth-order valence-electron chi connectivity index (χ4n) is 5.87. The molecule has 0 bridgehead atoms. The van der Waals surface area contributed by atoms with E-state index in [2.05, 4.69) is 10.6 Å². The first-order valence-corrected chi connectivity index (χ1v) is 14.9. The number of carbonyl (C=O) groups excluding carboxylic acids is 2. The normalized spacial score (nSPS) is 15.7. The molecule has 2 amide bonds. The van der Waals surface area contributed by atoms with Gasteiger partial charge in [0.1, 0.15) is 22.4 Å². The third-order valence-corrected chi connectivity index (χ3v) is 7.86. The molecule has 0 unspecified atom stereocenters. The van der Waals surface area contributed by atoms with Crippen molar-refractivity contribution in [1.82, 2.24) is 15.2 Å². The number of ether oxygens (including phenoxy) is 2. The van der Waals surface area contributed by atoms with Crippen molar-refractivity contribution in [3.8, 4) is 17.2 Å². The van der Waals surface area contributed by atoms with Crippen molar-refractivity contribution < 1.29 is 23.5 Å². The molecule has 0 saturated carbocycles. The van der Waals surface area contributed by atoms with E-state index in [1.54, 1.807) is 25.3 Å². The Morgan fingerprint density at radius 3 is 2.61 bits per heavy atom. The minimum absolute atomic E-state index is 0.0392. The van der Waals surface area contributed by atoms with Crippen LogP contribution >= 0.6 is 0 Å². The number of fused-ring (bicyclic) bond motifs is 3. The molecule has 0 radical (unpaired) electrons. The highest BCUT2D eigenvalue weighted by Gasteiger charge is 2.34. The van der Waals surface area contributed by atoms with E-state index in [1.807, 2.05) is 41.3 Å². The van der Waals surface area contributed by atoms with Gasteiger partial charge in [-0.05, 0) is 75.5 Å². The standard InChI is InChI=1S/C33H36FN5O5/c1-33(2,3)44-32(42)37-21-10-13-38(17-21)28-24(34)16-22-27-30(28)43-26-15-20-9-5-4-8-19(20)14-25(26)39(27)18-23(29(22)40)31(41)36-12-7-6-11-35/h4-5,8-9,14-16,18,21H,6-7,10-13,17,35H2,1-3H3,(H,36,41)(H,37,42)/t21-/m1/s1. The van der Waals surface area contributed by atoms with E-state index in [4.69, 9.17) is 15.2 Å². The van der Waals surface area contributed by atoms with Crippen molar-refractivity contribution in [2.45, 2.75) is 51.7 Å². The van der Waals surface area contributed by atoms with Crippen LogP contribution in [0.15, 0.2) is 53.5 Å². The quantitative estimate of drug-likeness (QED) is 0.225. The summed E-state index contributed by atoms with van der Waals surface area (Å²) < 4.78 is 29.7. The second-order valence-corrected chi connectivity index (χ2v) is 12.3. The number of benzene rings is 3. The molecular formula is C33H36FN5O5. The van der Waals surface area contributed by atoms with E-state index >= 15 is 4.39 Å². The fraction of sp³-hybridized carbons (Fsp3) is 0.364. The molecule has 2 aliphatic heterocycles. The van der Waals surface area contributed by atoms with Gasteiger partial charge in [0, 0.05) is 25.8 Å². The third-order valence-electron chi connectivity index (χ3n) is 7.86. The summed E-state index contributed by atoms with van der Waals surface area (Å²) in [6.07, 6.45) is 2.95. The number of alkyl carbamates (subject to hydrolysis) is 1. The Balaban J connectivity index is 1.45. The first kappa shape index (κ1) is 29.4. The summed E-state index contributed by atoms with van der Waals surface area (Å²) in [5.41, 5.74) is 5.44. The van der Waals surface area contributed by atoms with Crippen molar-refractivity contribution in [1.29, 1.82) is 0 Å². The van der Waals surface area contributed by atoms with E-state index < -0.39 is 28.8 Å². The number of pyridine rings is 1. The van der Waals surface area contributed by atoms with Crippen LogP contribution in [0.5, 0.6) is 11.5 Å². The van der Waals surface area contributed by atoms with Gasteiger partial charge in [-0.15, -0.1) is 0 Å². The van der Waals surface area contributed by atoms with E-state index in [-0.39, 0.29) is 28.4 Å². The molecule has 0 spiro atoms. The first-order valence-electron chi connectivity index (χ1n) is 14.9. The molecule has 1 aromatic heterocycles. The van der Waals surface area contributed by atoms with Gasteiger partial charge in [0.05, 0.1) is 17.1 Å². The summed E-state index contributed by atoms with van der Waals surface area (Å²) >= 11 is 0. The molecule has 1 saturated heterocycles. The average Bonchev–Trinajstić information content (AvgIpc) is 3.41. The summed E-state index contributed by atoms with van der Waals surface area (Å²) in [6, 6.07) is 12.5. The van der Waals surface area contributed by atoms with Gasteiger partial charge in [0.25, 0.3) is 5.91 Å². The van der Waals surface area contributed by atoms with Crippen LogP contribution in [0.2, 0.25) is 0 Å². The summed E-state index contributed by atoms with van der Waals surface area (Å²) in [5, 5.41) is 7.57. The van der Waals surface area contributed by atoms with Crippen LogP contribution in [0, 0.1) is 5.82 Å². The number of hydrogen-bond donors (Lipinski definition) is 3. The number of anilines is 1. The number of unbranched alkanes of at least 4 members (excludes halogenated alkanes) is 1. The third kappa shape index (κ3) is 5.55. The van der Waals surface area contributed by atoms with Gasteiger partial charge in [-0.25, -0.2) is 9.18 Å².